The molecule has 2 fully saturated rings. The monoisotopic (exact) mass is 365 g/mol. The third kappa shape index (κ3) is 3.80. The van der Waals surface area contributed by atoms with Gasteiger partial charge < -0.3 is 9.80 Å². The number of aryl methyl sites for hydroxylation is 1. The number of rotatable bonds is 3. The minimum atomic E-state index is 0.0213. The van der Waals surface area contributed by atoms with Crippen molar-refractivity contribution in [1.82, 2.24) is 19.9 Å². The fourth-order valence-corrected chi connectivity index (χ4v) is 4.12. The number of carbonyl (C=O) groups is 1. The number of likely N-dealkylation sites (tertiary alicyclic amines) is 1. The van der Waals surface area contributed by atoms with Crippen molar-refractivity contribution in [2.45, 2.75) is 51.5 Å². The molecule has 4 rings (SSSR count). The molecule has 142 valence electrons. The minimum Gasteiger partial charge on any atom is -0.341 e. The largest absolute Gasteiger partial charge is 0.341 e. The van der Waals surface area contributed by atoms with Crippen molar-refractivity contribution >= 4 is 11.9 Å². The van der Waals surface area contributed by atoms with Crippen molar-refractivity contribution in [2.75, 3.05) is 24.5 Å². The lowest BCUT2D eigenvalue weighted by atomic mass is 9.97. The fraction of sp³-hybridized carbons (Fsp3) is 0.524. The quantitative estimate of drug-likeness (QED) is 0.832. The standard InChI is InChI=1S/C21H27N5O/c1-16-17(15-23-21(24-16)25-12-6-2-7-13-25)20(27)26-14-8-4-10-19(26)18-9-3-5-11-22-18/h3,5,9,11,15,19H,2,4,6-8,10,12-14H2,1H3/t19-/m0/s1. The van der Waals surface area contributed by atoms with Gasteiger partial charge in [0.1, 0.15) is 0 Å². The molecule has 0 unspecified atom stereocenters. The molecule has 4 heterocycles. The Kier molecular flexibility index (Phi) is 5.32. The van der Waals surface area contributed by atoms with Crippen LogP contribution in [-0.2, 0) is 0 Å². The molecule has 0 spiro atoms. The molecule has 0 aromatic carbocycles. The van der Waals surface area contributed by atoms with Gasteiger partial charge in [-0.25, -0.2) is 9.97 Å². The Morgan fingerprint density at radius 3 is 2.59 bits per heavy atom. The molecule has 2 aromatic heterocycles. The van der Waals surface area contributed by atoms with Crippen LogP contribution in [0.25, 0.3) is 0 Å². The molecule has 2 aliphatic heterocycles. The van der Waals surface area contributed by atoms with Gasteiger partial charge in [-0.3, -0.25) is 9.78 Å². The molecule has 0 bridgehead atoms. The molecule has 2 saturated heterocycles. The zero-order chi connectivity index (χ0) is 18.6. The molecule has 2 aliphatic rings. The second-order valence-electron chi connectivity index (χ2n) is 7.48. The van der Waals surface area contributed by atoms with E-state index in [9.17, 15) is 4.79 Å². The first-order chi connectivity index (χ1) is 13.2. The summed E-state index contributed by atoms with van der Waals surface area (Å²) in [6.07, 6.45) is 10.3. The topological polar surface area (TPSA) is 62.2 Å². The van der Waals surface area contributed by atoms with Gasteiger partial charge in [0.2, 0.25) is 5.95 Å². The van der Waals surface area contributed by atoms with E-state index in [2.05, 4.69) is 19.9 Å². The first-order valence-electron chi connectivity index (χ1n) is 10.0. The molecule has 0 aliphatic carbocycles. The first-order valence-corrected chi connectivity index (χ1v) is 10.0. The average Bonchev–Trinajstić information content (AvgIpc) is 2.74. The maximum atomic E-state index is 13.3. The smallest absolute Gasteiger partial charge is 0.257 e. The predicted octanol–water partition coefficient (Wildman–Crippen LogP) is 3.54. The number of piperidine rings is 2. The molecular weight excluding hydrogens is 338 g/mol. The van der Waals surface area contributed by atoms with Crippen LogP contribution in [0.4, 0.5) is 5.95 Å². The maximum absolute atomic E-state index is 13.3. The number of nitrogens with zero attached hydrogens (tertiary/aromatic N) is 5. The van der Waals surface area contributed by atoms with Crippen LogP contribution < -0.4 is 4.90 Å². The summed E-state index contributed by atoms with van der Waals surface area (Å²) >= 11 is 0. The normalized spacial score (nSPS) is 20.6. The zero-order valence-corrected chi connectivity index (χ0v) is 16.0. The fourth-order valence-electron chi connectivity index (χ4n) is 4.12. The summed E-state index contributed by atoms with van der Waals surface area (Å²) in [5, 5.41) is 0. The summed E-state index contributed by atoms with van der Waals surface area (Å²) in [4.78, 5) is 31.2. The number of pyridine rings is 1. The van der Waals surface area contributed by atoms with Crippen LogP contribution in [0.3, 0.4) is 0 Å². The van der Waals surface area contributed by atoms with E-state index in [0.717, 1.165) is 56.2 Å². The maximum Gasteiger partial charge on any atom is 0.257 e. The van der Waals surface area contributed by atoms with Crippen molar-refractivity contribution in [3.63, 3.8) is 0 Å². The van der Waals surface area contributed by atoms with E-state index < -0.39 is 0 Å². The van der Waals surface area contributed by atoms with E-state index in [0.29, 0.717) is 5.56 Å². The van der Waals surface area contributed by atoms with Crippen LogP contribution in [0, 0.1) is 6.92 Å². The van der Waals surface area contributed by atoms with Gasteiger partial charge in [-0.05, 0) is 57.6 Å². The lowest BCUT2D eigenvalue weighted by Crippen LogP contribution is -2.39. The average molecular weight is 365 g/mol. The van der Waals surface area contributed by atoms with Gasteiger partial charge in [0.25, 0.3) is 5.91 Å². The van der Waals surface area contributed by atoms with E-state index in [1.165, 1.54) is 19.3 Å². The summed E-state index contributed by atoms with van der Waals surface area (Å²) in [6.45, 7) is 4.68. The second-order valence-corrected chi connectivity index (χ2v) is 7.48. The van der Waals surface area contributed by atoms with Gasteiger partial charge in [-0.15, -0.1) is 0 Å². The van der Waals surface area contributed by atoms with Gasteiger partial charge in [0, 0.05) is 32.0 Å². The Hall–Kier alpha value is -2.50. The lowest BCUT2D eigenvalue weighted by molar-refractivity contribution is 0.0604. The molecule has 6 heteroatoms. The molecule has 1 amide bonds. The van der Waals surface area contributed by atoms with Gasteiger partial charge >= 0.3 is 0 Å². The SMILES string of the molecule is Cc1nc(N2CCCCC2)ncc1C(=O)N1CCCC[C@H]1c1ccccn1. The first kappa shape index (κ1) is 17.9. The van der Waals surface area contributed by atoms with Crippen LogP contribution in [0.5, 0.6) is 0 Å². The van der Waals surface area contributed by atoms with E-state index in [4.69, 9.17) is 0 Å². The Morgan fingerprint density at radius 1 is 1.04 bits per heavy atom. The van der Waals surface area contributed by atoms with Gasteiger partial charge in [0.15, 0.2) is 0 Å². The van der Waals surface area contributed by atoms with Gasteiger partial charge in [-0.1, -0.05) is 6.07 Å². The number of aromatic nitrogens is 3. The minimum absolute atomic E-state index is 0.0213. The van der Waals surface area contributed by atoms with Gasteiger partial charge in [0.05, 0.1) is 23.0 Å². The Labute approximate surface area is 160 Å². The number of amides is 1. The Morgan fingerprint density at radius 2 is 1.85 bits per heavy atom. The molecule has 6 nitrogen and oxygen atoms in total. The van der Waals surface area contributed by atoms with Crippen molar-refractivity contribution in [3.8, 4) is 0 Å². The Balaban J connectivity index is 1.57. The molecule has 0 N–H and O–H groups in total. The highest BCUT2D eigenvalue weighted by molar-refractivity contribution is 5.95. The van der Waals surface area contributed by atoms with Crippen LogP contribution in [0.15, 0.2) is 30.6 Å². The highest BCUT2D eigenvalue weighted by Crippen LogP contribution is 2.31. The van der Waals surface area contributed by atoms with E-state index in [1.54, 1.807) is 12.4 Å². The molecule has 1 atom stereocenters. The van der Waals surface area contributed by atoms with Crippen molar-refractivity contribution < 1.29 is 4.79 Å². The lowest BCUT2D eigenvalue weighted by Gasteiger charge is -2.35. The number of hydrogen-bond acceptors (Lipinski definition) is 5. The summed E-state index contributed by atoms with van der Waals surface area (Å²) in [6, 6.07) is 5.95. The third-order valence-electron chi connectivity index (χ3n) is 5.63. The van der Waals surface area contributed by atoms with Gasteiger partial charge in [-0.2, -0.15) is 0 Å². The highest BCUT2D eigenvalue weighted by atomic mass is 16.2. The molecule has 0 radical (unpaired) electrons. The van der Waals surface area contributed by atoms with Crippen molar-refractivity contribution in [1.29, 1.82) is 0 Å². The summed E-state index contributed by atoms with van der Waals surface area (Å²) in [7, 11) is 0. The number of anilines is 1. The highest BCUT2D eigenvalue weighted by Gasteiger charge is 2.31. The Bertz CT molecular complexity index is 788. The summed E-state index contributed by atoms with van der Waals surface area (Å²) in [5.74, 6) is 0.775. The number of hydrogen-bond donors (Lipinski definition) is 0. The molecule has 0 saturated carbocycles. The van der Waals surface area contributed by atoms with Crippen LogP contribution in [0.1, 0.15) is 66.3 Å². The van der Waals surface area contributed by atoms with Crippen molar-refractivity contribution in [3.05, 3.63) is 47.5 Å². The zero-order valence-electron chi connectivity index (χ0n) is 16.0. The number of carbonyl (C=O) groups excluding carboxylic acids is 1. The van der Waals surface area contributed by atoms with Crippen molar-refractivity contribution in [2.24, 2.45) is 0 Å². The van der Waals surface area contributed by atoms with E-state index in [-0.39, 0.29) is 11.9 Å². The molecular formula is C21H27N5O. The van der Waals surface area contributed by atoms with E-state index >= 15 is 0 Å². The summed E-state index contributed by atoms with van der Waals surface area (Å²) in [5.41, 5.74) is 2.34. The molecule has 2 aromatic rings. The summed E-state index contributed by atoms with van der Waals surface area (Å²) < 4.78 is 0. The second kappa shape index (κ2) is 8.03. The molecule has 27 heavy (non-hydrogen) atoms. The van der Waals surface area contributed by atoms with Crippen LogP contribution >= 0.6 is 0 Å². The van der Waals surface area contributed by atoms with E-state index in [1.807, 2.05) is 30.0 Å². The van der Waals surface area contributed by atoms with Crippen LogP contribution in [0.2, 0.25) is 0 Å². The van der Waals surface area contributed by atoms with Crippen LogP contribution in [-0.4, -0.2) is 45.4 Å². The third-order valence-corrected chi connectivity index (χ3v) is 5.63. The predicted molar refractivity (Wildman–Crippen MR) is 105 cm³/mol.